The number of hydrogen-bond acceptors (Lipinski definition) is 6. The molecule has 6 nitrogen and oxygen atoms in total. The number of hydrogen-bond donors (Lipinski definition) is 0. The highest BCUT2D eigenvalue weighted by molar-refractivity contribution is 5.71. The van der Waals surface area contributed by atoms with Gasteiger partial charge in [-0.05, 0) is 96.3 Å². The molecule has 0 fully saturated rings. The van der Waals surface area contributed by atoms with Crippen molar-refractivity contribution < 1.29 is 28.6 Å². The van der Waals surface area contributed by atoms with E-state index in [-0.39, 0.29) is 31.1 Å². The first-order valence-corrected chi connectivity index (χ1v) is 31.7. The second-order valence-corrected chi connectivity index (χ2v) is 20.9. The van der Waals surface area contributed by atoms with Gasteiger partial charge in [0.15, 0.2) is 6.10 Å². The first-order chi connectivity index (χ1) is 37.0. The van der Waals surface area contributed by atoms with Crippen molar-refractivity contribution in [3.63, 3.8) is 0 Å². The summed E-state index contributed by atoms with van der Waals surface area (Å²) in [5, 5.41) is 0. The fraction of sp³-hybridized carbons (Fsp3) is 0.725. The third-order valence-corrected chi connectivity index (χ3v) is 13.6. The molecular weight excluding hydrogens is 925 g/mol. The molecule has 0 saturated heterocycles. The molecule has 0 saturated carbocycles. The summed E-state index contributed by atoms with van der Waals surface area (Å²) in [6, 6.07) is 0. The lowest BCUT2D eigenvalue weighted by molar-refractivity contribution is -0.167. The first-order valence-electron chi connectivity index (χ1n) is 31.7. The number of allylic oxidation sites excluding steroid dienone is 16. The Kier molecular flexibility index (Phi) is 59.8. The van der Waals surface area contributed by atoms with Crippen LogP contribution in [0, 0.1) is 0 Å². The molecule has 6 heteroatoms. The molecule has 1 atom stereocenters. The molecule has 0 aliphatic carbocycles. The number of carbonyl (C=O) groups is 3. The minimum Gasteiger partial charge on any atom is -0.462 e. The van der Waals surface area contributed by atoms with Gasteiger partial charge < -0.3 is 14.2 Å². The molecule has 0 aromatic rings. The molecule has 0 aliphatic heterocycles. The van der Waals surface area contributed by atoms with E-state index in [9.17, 15) is 14.4 Å². The number of carbonyl (C=O) groups excluding carboxylic acids is 3. The van der Waals surface area contributed by atoms with Gasteiger partial charge in [0.25, 0.3) is 0 Å². The number of ether oxygens (including phenoxy) is 3. The summed E-state index contributed by atoms with van der Waals surface area (Å²) in [5.41, 5.74) is 0. The van der Waals surface area contributed by atoms with Crippen molar-refractivity contribution in [1.82, 2.24) is 0 Å². The number of esters is 3. The van der Waals surface area contributed by atoms with Crippen LogP contribution in [0.2, 0.25) is 0 Å². The van der Waals surface area contributed by atoms with E-state index in [1.165, 1.54) is 128 Å². The van der Waals surface area contributed by atoms with Crippen LogP contribution in [0.1, 0.15) is 303 Å². The topological polar surface area (TPSA) is 78.9 Å². The second kappa shape index (κ2) is 62.9. The molecule has 0 spiro atoms. The van der Waals surface area contributed by atoms with Crippen LogP contribution in [0.4, 0.5) is 0 Å². The second-order valence-electron chi connectivity index (χ2n) is 20.9. The van der Waals surface area contributed by atoms with Gasteiger partial charge in [0.1, 0.15) is 13.2 Å². The van der Waals surface area contributed by atoms with Crippen LogP contribution in [0.5, 0.6) is 0 Å². The molecule has 0 amide bonds. The van der Waals surface area contributed by atoms with Crippen LogP contribution in [0.3, 0.4) is 0 Å². The van der Waals surface area contributed by atoms with Crippen LogP contribution in [-0.4, -0.2) is 37.2 Å². The third kappa shape index (κ3) is 61.1. The van der Waals surface area contributed by atoms with E-state index in [0.29, 0.717) is 19.3 Å². The lowest BCUT2D eigenvalue weighted by atomic mass is 10.0. The normalized spacial score (nSPS) is 12.7. The average Bonchev–Trinajstić information content (AvgIpc) is 3.41. The van der Waals surface area contributed by atoms with Crippen LogP contribution in [0.25, 0.3) is 0 Å². The minimum atomic E-state index is -0.795. The first kappa shape index (κ1) is 71.3. The Morgan fingerprint density at radius 3 is 0.853 bits per heavy atom. The zero-order chi connectivity index (χ0) is 54.3. The van der Waals surface area contributed by atoms with Gasteiger partial charge in [-0.25, -0.2) is 0 Å². The third-order valence-electron chi connectivity index (χ3n) is 13.6. The number of rotatable bonds is 57. The van der Waals surface area contributed by atoms with Crippen molar-refractivity contribution in [1.29, 1.82) is 0 Å². The van der Waals surface area contributed by atoms with Crippen molar-refractivity contribution in [3.8, 4) is 0 Å². The molecule has 75 heavy (non-hydrogen) atoms. The van der Waals surface area contributed by atoms with Gasteiger partial charge in [0, 0.05) is 19.3 Å². The summed E-state index contributed by atoms with van der Waals surface area (Å²) in [5.74, 6) is -0.918. The fourth-order valence-electron chi connectivity index (χ4n) is 8.82. The Morgan fingerprint density at radius 2 is 0.533 bits per heavy atom. The molecule has 0 aliphatic rings. The van der Waals surface area contributed by atoms with Gasteiger partial charge in [-0.3, -0.25) is 14.4 Å². The highest BCUT2D eigenvalue weighted by Gasteiger charge is 2.19. The largest absolute Gasteiger partial charge is 0.462 e. The fourth-order valence-corrected chi connectivity index (χ4v) is 8.82. The van der Waals surface area contributed by atoms with Crippen molar-refractivity contribution in [3.05, 3.63) is 97.2 Å². The van der Waals surface area contributed by atoms with E-state index in [1.807, 2.05) is 0 Å². The van der Waals surface area contributed by atoms with E-state index < -0.39 is 6.10 Å². The summed E-state index contributed by atoms with van der Waals surface area (Å²) in [4.78, 5) is 38.3. The van der Waals surface area contributed by atoms with Crippen LogP contribution in [-0.2, 0) is 28.6 Å². The maximum Gasteiger partial charge on any atom is 0.306 e. The predicted molar refractivity (Wildman–Crippen MR) is 325 cm³/mol. The van der Waals surface area contributed by atoms with E-state index >= 15 is 0 Å². The number of unbranched alkanes of at least 4 members (excludes halogenated alkanes) is 30. The molecule has 1 unspecified atom stereocenters. The van der Waals surface area contributed by atoms with Crippen molar-refractivity contribution in [2.75, 3.05) is 13.2 Å². The zero-order valence-corrected chi connectivity index (χ0v) is 49.3. The van der Waals surface area contributed by atoms with Crippen molar-refractivity contribution >= 4 is 17.9 Å². The summed E-state index contributed by atoms with van der Waals surface area (Å²) < 4.78 is 16.9. The minimum absolute atomic E-state index is 0.0914. The van der Waals surface area contributed by atoms with Crippen LogP contribution >= 0.6 is 0 Å². The molecule has 0 radical (unpaired) electrons. The van der Waals surface area contributed by atoms with Crippen molar-refractivity contribution in [2.24, 2.45) is 0 Å². The van der Waals surface area contributed by atoms with Gasteiger partial charge in [-0.1, -0.05) is 285 Å². The maximum absolute atomic E-state index is 12.9. The Bertz CT molecular complexity index is 1480. The summed E-state index contributed by atoms with van der Waals surface area (Å²) >= 11 is 0. The monoisotopic (exact) mass is 1040 g/mol. The van der Waals surface area contributed by atoms with Gasteiger partial charge in [-0.15, -0.1) is 0 Å². The lowest BCUT2D eigenvalue weighted by Crippen LogP contribution is -2.30. The maximum atomic E-state index is 12.9. The lowest BCUT2D eigenvalue weighted by Gasteiger charge is -2.18. The SMILES string of the molecule is CC/C=C\C/C=C\C/C=C\C/C=C\C/C=C\C/C=C\CCCCCCC(=O)OCC(COC(=O)CCCCCCC/C=C\C/C=C\CCCC)OC(=O)CCCCCCCCCCCCCCCCCCCCCC. The molecule has 0 N–H and O–H groups in total. The molecule has 0 rings (SSSR count). The Balaban J connectivity index is 4.41. The van der Waals surface area contributed by atoms with Crippen LogP contribution in [0.15, 0.2) is 97.2 Å². The Morgan fingerprint density at radius 1 is 0.280 bits per heavy atom. The summed E-state index contributed by atoms with van der Waals surface area (Å²) in [6.07, 6.45) is 84.1. The average molecular weight is 1040 g/mol. The smallest absolute Gasteiger partial charge is 0.306 e. The Labute approximate surface area is 464 Å². The molecular formula is C69H118O6. The molecule has 0 aromatic carbocycles. The van der Waals surface area contributed by atoms with Crippen molar-refractivity contribution in [2.45, 2.75) is 309 Å². The van der Waals surface area contributed by atoms with Gasteiger partial charge in [-0.2, -0.15) is 0 Å². The van der Waals surface area contributed by atoms with Gasteiger partial charge in [0.2, 0.25) is 0 Å². The molecule has 430 valence electrons. The van der Waals surface area contributed by atoms with Gasteiger partial charge in [0.05, 0.1) is 0 Å². The van der Waals surface area contributed by atoms with E-state index in [2.05, 4.69) is 118 Å². The highest BCUT2D eigenvalue weighted by Crippen LogP contribution is 2.17. The summed E-state index contributed by atoms with van der Waals surface area (Å²) in [7, 11) is 0. The molecule has 0 bridgehead atoms. The summed E-state index contributed by atoms with van der Waals surface area (Å²) in [6.45, 7) is 6.48. The van der Waals surface area contributed by atoms with E-state index in [1.54, 1.807) is 0 Å². The van der Waals surface area contributed by atoms with E-state index in [4.69, 9.17) is 14.2 Å². The van der Waals surface area contributed by atoms with Crippen LogP contribution < -0.4 is 0 Å². The highest BCUT2D eigenvalue weighted by atomic mass is 16.6. The predicted octanol–water partition coefficient (Wildman–Crippen LogP) is 21.7. The quantitative estimate of drug-likeness (QED) is 0.0261. The zero-order valence-electron chi connectivity index (χ0n) is 49.3. The van der Waals surface area contributed by atoms with E-state index in [0.717, 1.165) is 135 Å². The van der Waals surface area contributed by atoms with Gasteiger partial charge >= 0.3 is 17.9 Å². The standard InChI is InChI=1S/C69H118O6/c1-4-7-10-13-16-19-22-25-28-30-32-34-35-36-38-39-41-44-47-50-53-56-59-62-68(71)74-65-66(64-73-67(70)61-58-55-52-49-46-43-27-24-21-18-15-12-9-6-3)75-69(72)63-60-57-54-51-48-45-42-40-37-33-31-29-26-23-20-17-14-11-8-5-2/h7,10,15-16,18-19,24-25,27-28,32,34,36,38,41,44,66H,4-6,8-9,11-14,17,20-23,26,29-31,33,35,37,39-40,42-43,45-65H2,1-3H3/b10-7-,18-15-,19-16-,27-24-,28-25-,34-32-,38-36-,44-41-. The molecule has 0 heterocycles. The Hall–Kier alpha value is -3.67. The molecule has 0 aromatic heterocycles.